The van der Waals surface area contributed by atoms with Gasteiger partial charge in [-0.1, -0.05) is 43.8 Å². The van der Waals surface area contributed by atoms with Crippen LogP contribution in [0.25, 0.3) is 0 Å². The molecule has 0 saturated carbocycles. The molecule has 6 heteroatoms. The minimum Gasteiger partial charge on any atom is -1.00 e. The fraction of sp³-hybridized carbons (Fsp3) is 0.480. The van der Waals surface area contributed by atoms with Gasteiger partial charge in [0, 0.05) is 19.6 Å². The number of likely N-dealkylation sites (tertiary alicyclic amines) is 2. The van der Waals surface area contributed by atoms with E-state index in [-0.39, 0.29) is 45.1 Å². The molecule has 0 amide bonds. The Morgan fingerprint density at radius 3 is 1.74 bits per heavy atom. The molecule has 2 N–H and O–H groups in total. The third-order valence-electron chi connectivity index (χ3n) is 5.49. The number of nitrogens with two attached hydrogens (primary N) is 1. The molecule has 2 aliphatic rings. The second kappa shape index (κ2) is 16.6. The van der Waals surface area contributed by atoms with Crippen LogP contribution >= 0.6 is 0 Å². The molecule has 2 aromatic rings. The van der Waals surface area contributed by atoms with Crippen LogP contribution in [0.5, 0.6) is 0 Å². The van der Waals surface area contributed by atoms with Crippen LogP contribution < -0.4 is 24.6 Å². The largest absolute Gasteiger partial charge is 1.00 e. The zero-order chi connectivity index (χ0) is 19.6. The van der Waals surface area contributed by atoms with E-state index in [2.05, 4.69) is 46.2 Å². The molecule has 2 aliphatic heterocycles. The smallest absolute Gasteiger partial charge is 1.00 e. The van der Waals surface area contributed by atoms with Crippen LogP contribution in [0.4, 0.5) is 0 Å². The van der Waals surface area contributed by atoms with Crippen LogP contribution in [0.3, 0.4) is 0 Å². The SMILES string of the molecule is C.N#Cc1cccc(CN2CCCC2)c1.NCc1cccc(CN2CCCC2)c1.[AlH3].[H-].[Li+]. The molecule has 31 heavy (non-hydrogen) atoms. The number of hydrogen-bond donors (Lipinski definition) is 1. The Bertz CT molecular complexity index is 788. The molecule has 0 unspecified atom stereocenters. The number of rotatable bonds is 5. The summed E-state index contributed by atoms with van der Waals surface area (Å²) in [5, 5.41) is 8.76. The van der Waals surface area contributed by atoms with Crippen molar-refractivity contribution < 1.29 is 20.3 Å². The molecule has 2 saturated heterocycles. The van der Waals surface area contributed by atoms with Gasteiger partial charge >= 0.3 is 18.9 Å². The zero-order valence-corrected chi connectivity index (χ0v) is 17.8. The number of nitrogens with zero attached hydrogens (tertiary/aromatic N) is 3. The van der Waals surface area contributed by atoms with Crippen molar-refractivity contribution in [3.05, 3.63) is 70.8 Å². The molecule has 0 spiro atoms. The van der Waals surface area contributed by atoms with Crippen molar-refractivity contribution in [1.82, 2.24) is 9.80 Å². The average molecular weight is 431 g/mol. The maximum atomic E-state index is 8.76. The zero-order valence-electron chi connectivity index (χ0n) is 18.8. The van der Waals surface area contributed by atoms with Crippen LogP contribution in [-0.4, -0.2) is 53.3 Å². The first-order chi connectivity index (χ1) is 13.8. The van der Waals surface area contributed by atoms with Gasteiger partial charge in [-0.05, 0) is 80.7 Å². The van der Waals surface area contributed by atoms with Crippen molar-refractivity contribution in [2.24, 2.45) is 5.73 Å². The summed E-state index contributed by atoms with van der Waals surface area (Å²) in [7, 11) is 0. The number of benzene rings is 2. The van der Waals surface area contributed by atoms with Crippen molar-refractivity contribution in [1.29, 1.82) is 5.26 Å². The van der Waals surface area contributed by atoms with E-state index in [0.29, 0.717) is 6.54 Å². The molecule has 4 nitrogen and oxygen atoms in total. The Morgan fingerprint density at radius 1 is 0.806 bits per heavy atom. The summed E-state index contributed by atoms with van der Waals surface area (Å²) in [6.45, 7) is 7.66. The van der Waals surface area contributed by atoms with E-state index in [9.17, 15) is 0 Å². The maximum absolute atomic E-state index is 8.76. The van der Waals surface area contributed by atoms with Gasteiger partial charge in [-0.3, -0.25) is 9.80 Å². The van der Waals surface area contributed by atoms with Gasteiger partial charge in [0.1, 0.15) is 0 Å². The third kappa shape index (κ3) is 10.4. The quantitative estimate of drug-likeness (QED) is 0.701. The Kier molecular flexibility index (Phi) is 16.0. The molecule has 4 rings (SSSR count). The summed E-state index contributed by atoms with van der Waals surface area (Å²) in [6.07, 6.45) is 5.35. The summed E-state index contributed by atoms with van der Waals surface area (Å²) in [5.74, 6) is 0. The Labute approximate surface area is 213 Å². The Balaban J connectivity index is 0. The molecule has 2 aromatic carbocycles. The predicted octanol–water partition coefficient (Wildman–Crippen LogP) is 0.464. The summed E-state index contributed by atoms with van der Waals surface area (Å²) < 4.78 is 0. The first-order valence-corrected chi connectivity index (χ1v) is 10.5. The minimum absolute atomic E-state index is 0. The molecule has 164 valence electrons. The first-order valence-electron chi connectivity index (χ1n) is 10.5. The van der Waals surface area contributed by atoms with Crippen LogP contribution in [0.15, 0.2) is 48.5 Å². The Hall–Kier alpha value is -1.06. The molecule has 0 radical (unpaired) electrons. The molecule has 0 bridgehead atoms. The van der Waals surface area contributed by atoms with E-state index < -0.39 is 0 Å². The number of nitriles is 1. The molecule has 2 fully saturated rings. The Morgan fingerprint density at radius 2 is 1.26 bits per heavy atom. The van der Waals surface area contributed by atoms with Gasteiger partial charge in [0.2, 0.25) is 0 Å². The second-order valence-corrected chi connectivity index (χ2v) is 7.80. The number of hydrogen-bond acceptors (Lipinski definition) is 4. The molecule has 0 atom stereocenters. The molecule has 0 aromatic heterocycles. The monoisotopic (exact) mass is 430 g/mol. The van der Waals surface area contributed by atoms with E-state index in [4.69, 9.17) is 11.0 Å². The third-order valence-corrected chi connectivity index (χ3v) is 5.49. The summed E-state index contributed by atoms with van der Waals surface area (Å²) in [6, 6.07) is 18.7. The predicted molar refractivity (Wildman–Crippen MR) is 132 cm³/mol. The molecular weight excluding hydrogens is 390 g/mol. The van der Waals surface area contributed by atoms with Crippen LogP contribution in [0, 0.1) is 11.3 Å². The van der Waals surface area contributed by atoms with Gasteiger partial charge in [-0.15, -0.1) is 0 Å². The van der Waals surface area contributed by atoms with Crippen molar-refractivity contribution in [3.8, 4) is 6.07 Å². The fourth-order valence-electron chi connectivity index (χ4n) is 3.99. The van der Waals surface area contributed by atoms with Crippen LogP contribution in [0.2, 0.25) is 0 Å². The second-order valence-electron chi connectivity index (χ2n) is 7.80. The summed E-state index contributed by atoms with van der Waals surface area (Å²) in [4.78, 5) is 4.95. The van der Waals surface area contributed by atoms with Crippen molar-refractivity contribution in [2.45, 2.75) is 52.7 Å². The molecule has 2 heterocycles. The van der Waals surface area contributed by atoms with Crippen molar-refractivity contribution in [3.63, 3.8) is 0 Å². The minimum atomic E-state index is 0. The van der Waals surface area contributed by atoms with Crippen LogP contribution in [0.1, 0.15) is 56.8 Å². The summed E-state index contributed by atoms with van der Waals surface area (Å²) >= 11 is 0. The normalized spacial score (nSPS) is 15.5. The van der Waals surface area contributed by atoms with E-state index in [1.54, 1.807) is 0 Å². The topological polar surface area (TPSA) is 56.3 Å². The van der Waals surface area contributed by atoms with E-state index >= 15 is 0 Å². The van der Waals surface area contributed by atoms with Gasteiger partial charge in [0.25, 0.3) is 0 Å². The maximum Gasteiger partial charge on any atom is 1.00 e. The summed E-state index contributed by atoms with van der Waals surface area (Å²) in [5.41, 5.74) is 10.3. The van der Waals surface area contributed by atoms with Crippen molar-refractivity contribution in [2.75, 3.05) is 26.2 Å². The van der Waals surface area contributed by atoms with E-state index in [1.807, 2.05) is 18.2 Å². The van der Waals surface area contributed by atoms with Crippen LogP contribution in [-0.2, 0) is 19.6 Å². The van der Waals surface area contributed by atoms with Gasteiger partial charge in [-0.25, -0.2) is 0 Å². The average Bonchev–Trinajstić information content (AvgIpc) is 3.43. The molecule has 0 aliphatic carbocycles. The van der Waals surface area contributed by atoms with Gasteiger partial charge in [-0.2, -0.15) is 5.26 Å². The molecular formula is C25H40AlLiN4. The van der Waals surface area contributed by atoms with Gasteiger partial charge in [0.05, 0.1) is 11.6 Å². The first kappa shape index (κ1) is 29.9. The van der Waals surface area contributed by atoms with E-state index in [0.717, 1.165) is 18.7 Å². The van der Waals surface area contributed by atoms with Gasteiger partial charge in [0.15, 0.2) is 17.4 Å². The standard InChI is InChI=1S/C12H18N2.C12H14N2.CH4.Al.Li.4H/c2*13-9-11-4-3-5-12(8-11)10-14-6-1-2-7-14;;;;;;;/h3-5,8H,1-2,6-7,9-10,13H2;3-5,8H,1-2,6-7,10H2;1H4;;;;;;/q;;;;+1;;;;-1. The van der Waals surface area contributed by atoms with Gasteiger partial charge < -0.3 is 7.16 Å². The fourth-order valence-corrected chi connectivity index (χ4v) is 3.99. The van der Waals surface area contributed by atoms with E-state index in [1.165, 1.54) is 68.6 Å². The van der Waals surface area contributed by atoms with Crippen molar-refractivity contribution >= 4 is 17.4 Å².